The summed E-state index contributed by atoms with van der Waals surface area (Å²) >= 11 is 0. The molecule has 2 rings (SSSR count). The number of aryl methyl sites for hydroxylation is 4. The average Bonchev–Trinajstić information content (AvgIpc) is 2.50. The summed E-state index contributed by atoms with van der Waals surface area (Å²) in [4.78, 5) is 0. The standard InChI is InChI=1S/C20H26O2/c1-15-7-9-19(13-17(15)3)21-11-5-6-12-22-20-10-8-16(2)18(4)14-20/h7-10,13-14H,5-6,11-12H2,1-4H3. The fourth-order valence-corrected chi connectivity index (χ4v) is 2.19. The van der Waals surface area contributed by atoms with Gasteiger partial charge in [0.05, 0.1) is 13.2 Å². The molecular weight excluding hydrogens is 272 g/mol. The minimum atomic E-state index is 0.735. The van der Waals surface area contributed by atoms with Crippen LogP contribution < -0.4 is 9.47 Å². The van der Waals surface area contributed by atoms with Crippen molar-refractivity contribution < 1.29 is 9.47 Å². The molecule has 0 aliphatic heterocycles. The number of rotatable bonds is 7. The van der Waals surface area contributed by atoms with Crippen molar-refractivity contribution in [2.75, 3.05) is 13.2 Å². The molecule has 2 aromatic rings. The minimum absolute atomic E-state index is 0.735. The van der Waals surface area contributed by atoms with Gasteiger partial charge in [-0.1, -0.05) is 12.1 Å². The molecule has 0 spiro atoms. The number of ether oxygens (including phenoxy) is 2. The summed E-state index contributed by atoms with van der Waals surface area (Å²) in [6.07, 6.45) is 2.00. The molecule has 0 aromatic heterocycles. The molecule has 2 aromatic carbocycles. The summed E-state index contributed by atoms with van der Waals surface area (Å²) in [6.45, 7) is 9.92. The Morgan fingerprint density at radius 3 is 1.36 bits per heavy atom. The van der Waals surface area contributed by atoms with E-state index in [4.69, 9.17) is 9.47 Å². The zero-order chi connectivity index (χ0) is 15.9. The Labute approximate surface area is 134 Å². The molecule has 0 fully saturated rings. The minimum Gasteiger partial charge on any atom is -0.494 e. The smallest absolute Gasteiger partial charge is 0.119 e. The van der Waals surface area contributed by atoms with Crippen molar-refractivity contribution in [2.45, 2.75) is 40.5 Å². The van der Waals surface area contributed by atoms with Crippen LogP contribution in [0.5, 0.6) is 11.5 Å². The van der Waals surface area contributed by atoms with Gasteiger partial charge in [0.1, 0.15) is 11.5 Å². The van der Waals surface area contributed by atoms with Crippen molar-refractivity contribution in [3.8, 4) is 11.5 Å². The number of hydrogen-bond donors (Lipinski definition) is 0. The van der Waals surface area contributed by atoms with Gasteiger partial charge in [0.15, 0.2) is 0 Å². The van der Waals surface area contributed by atoms with Gasteiger partial charge in [0.2, 0.25) is 0 Å². The van der Waals surface area contributed by atoms with Crippen LogP contribution in [0, 0.1) is 27.7 Å². The molecule has 0 saturated heterocycles. The molecule has 0 radical (unpaired) electrons. The summed E-state index contributed by atoms with van der Waals surface area (Å²) in [5.41, 5.74) is 5.15. The zero-order valence-electron chi connectivity index (χ0n) is 14.1. The highest BCUT2D eigenvalue weighted by Gasteiger charge is 1.99. The van der Waals surface area contributed by atoms with Gasteiger partial charge in [0, 0.05) is 0 Å². The molecule has 0 amide bonds. The van der Waals surface area contributed by atoms with Gasteiger partial charge in [-0.3, -0.25) is 0 Å². The lowest BCUT2D eigenvalue weighted by Gasteiger charge is -2.10. The summed E-state index contributed by atoms with van der Waals surface area (Å²) < 4.78 is 11.5. The lowest BCUT2D eigenvalue weighted by Crippen LogP contribution is -2.03. The summed E-state index contributed by atoms with van der Waals surface area (Å²) in [5, 5.41) is 0. The highest BCUT2D eigenvalue weighted by molar-refractivity contribution is 5.34. The van der Waals surface area contributed by atoms with Crippen LogP contribution >= 0.6 is 0 Å². The van der Waals surface area contributed by atoms with Gasteiger partial charge in [-0.05, 0) is 87.1 Å². The van der Waals surface area contributed by atoms with E-state index in [0.717, 1.165) is 37.6 Å². The van der Waals surface area contributed by atoms with E-state index in [1.54, 1.807) is 0 Å². The molecule has 2 nitrogen and oxygen atoms in total. The highest BCUT2D eigenvalue weighted by Crippen LogP contribution is 2.18. The third kappa shape index (κ3) is 4.80. The van der Waals surface area contributed by atoms with Gasteiger partial charge in [-0.2, -0.15) is 0 Å². The van der Waals surface area contributed by atoms with E-state index in [-0.39, 0.29) is 0 Å². The van der Waals surface area contributed by atoms with Crippen molar-refractivity contribution in [2.24, 2.45) is 0 Å². The first-order valence-electron chi connectivity index (χ1n) is 7.96. The normalized spacial score (nSPS) is 10.5. The lowest BCUT2D eigenvalue weighted by atomic mass is 10.1. The first-order chi connectivity index (χ1) is 10.6. The van der Waals surface area contributed by atoms with Crippen LogP contribution in [0.4, 0.5) is 0 Å². The molecule has 0 aliphatic rings. The van der Waals surface area contributed by atoms with E-state index >= 15 is 0 Å². The number of unbranched alkanes of at least 4 members (excludes halogenated alkanes) is 1. The Morgan fingerprint density at radius 1 is 0.591 bits per heavy atom. The quantitative estimate of drug-likeness (QED) is 0.657. The molecule has 0 saturated carbocycles. The van der Waals surface area contributed by atoms with Gasteiger partial charge in [0.25, 0.3) is 0 Å². The van der Waals surface area contributed by atoms with Crippen LogP contribution in [0.15, 0.2) is 36.4 Å². The van der Waals surface area contributed by atoms with E-state index in [1.807, 2.05) is 12.1 Å². The van der Waals surface area contributed by atoms with Crippen molar-refractivity contribution in [1.82, 2.24) is 0 Å². The third-order valence-corrected chi connectivity index (χ3v) is 4.03. The summed E-state index contributed by atoms with van der Waals surface area (Å²) in [7, 11) is 0. The van der Waals surface area contributed by atoms with E-state index in [0.29, 0.717) is 0 Å². The second-order valence-corrected chi connectivity index (χ2v) is 5.90. The Hall–Kier alpha value is -1.96. The fourth-order valence-electron chi connectivity index (χ4n) is 2.19. The molecule has 2 heteroatoms. The molecule has 0 heterocycles. The predicted molar refractivity (Wildman–Crippen MR) is 92.1 cm³/mol. The van der Waals surface area contributed by atoms with Crippen LogP contribution in [0.25, 0.3) is 0 Å². The van der Waals surface area contributed by atoms with E-state index in [9.17, 15) is 0 Å². The van der Waals surface area contributed by atoms with Crippen LogP contribution in [-0.4, -0.2) is 13.2 Å². The van der Waals surface area contributed by atoms with E-state index < -0.39 is 0 Å². The Kier molecular flexibility index (Phi) is 5.88. The molecular formula is C20H26O2. The SMILES string of the molecule is Cc1ccc(OCCCCOc2ccc(C)c(C)c2)cc1C. The largest absolute Gasteiger partial charge is 0.494 e. The van der Waals surface area contributed by atoms with Crippen molar-refractivity contribution in [3.63, 3.8) is 0 Å². The molecule has 0 unspecified atom stereocenters. The van der Waals surface area contributed by atoms with Crippen LogP contribution in [0.1, 0.15) is 35.1 Å². The Morgan fingerprint density at radius 2 is 1.00 bits per heavy atom. The predicted octanol–water partition coefficient (Wildman–Crippen LogP) is 5.16. The zero-order valence-corrected chi connectivity index (χ0v) is 14.1. The monoisotopic (exact) mass is 298 g/mol. The summed E-state index contributed by atoms with van der Waals surface area (Å²) in [6, 6.07) is 12.5. The molecule has 22 heavy (non-hydrogen) atoms. The molecule has 0 bridgehead atoms. The number of benzene rings is 2. The van der Waals surface area contributed by atoms with Gasteiger partial charge < -0.3 is 9.47 Å². The third-order valence-electron chi connectivity index (χ3n) is 4.03. The van der Waals surface area contributed by atoms with Gasteiger partial charge in [-0.15, -0.1) is 0 Å². The van der Waals surface area contributed by atoms with Crippen molar-refractivity contribution in [1.29, 1.82) is 0 Å². The van der Waals surface area contributed by atoms with Crippen molar-refractivity contribution >= 4 is 0 Å². The summed E-state index contributed by atoms with van der Waals surface area (Å²) in [5.74, 6) is 1.91. The maximum Gasteiger partial charge on any atom is 0.119 e. The van der Waals surface area contributed by atoms with Crippen LogP contribution in [-0.2, 0) is 0 Å². The average molecular weight is 298 g/mol. The fraction of sp³-hybridized carbons (Fsp3) is 0.400. The maximum absolute atomic E-state index is 5.77. The maximum atomic E-state index is 5.77. The van der Waals surface area contributed by atoms with E-state index in [1.165, 1.54) is 22.3 Å². The Bertz CT molecular complexity index is 562. The lowest BCUT2D eigenvalue weighted by molar-refractivity contribution is 0.266. The van der Waals surface area contributed by atoms with Gasteiger partial charge >= 0.3 is 0 Å². The second-order valence-electron chi connectivity index (χ2n) is 5.90. The van der Waals surface area contributed by atoms with Crippen LogP contribution in [0.3, 0.4) is 0 Å². The molecule has 118 valence electrons. The highest BCUT2D eigenvalue weighted by atomic mass is 16.5. The molecule has 0 N–H and O–H groups in total. The Balaban J connectivity index is 1.65. The number of hydrogen-bond acceptors (Lipinski definition) is 2. The topological polar surface area (TPSA) is 18.5 Å². The van der Waals surface area contributed by atoms with Gasteiger partial charge in [-0.25, -0.2) is 0 Å². The molecule has 0 aliphatic carbocycles. The first-order valence-corrected chi connectivity index (χ1v) is 7.96. The van der Waals surface area contributed by atoms with E-state index in [2.05, 4.69) is 52.0 Å². The molecule has 0 atom stereocenters. The van der Waals surface area contributed by atoms with Crippen molar-refractivity contribution in [3.05, 3.63) is 58.7 Å². The van der Waals surface area contributed by atoms with Crippen LogP contribution in [0.2, 0.25) is 0 Å². The second kappa shape index (κ2) is 7.88. The first kappa shape index (κ1) is 16.4.